The molecular formula is C23H27N3O6S. The summed E-state index contributed by atoms with van der Waals surface area (Å²) >= 11 is 0. The second kappa shape index (κ2) is 9.70. The second-order valence-corrected chi connectivity index (χ2v) is 9.98. The fraction of sp³-hybridized carbons (Fsp3) is 0.391. The van der Waals surface area contributed by atoms with Gasteiger partial charge in [0.1, 0.15) is 0 Å². The first kappa shape index (κ1) is 22.9. The summed E-state index contributed by atoms with van der Waals surface area (Å²) in [5.74, 6) is 0.678. The van der Waals surface area contributed by atoms with Crippen LogP contribution in [0.5, 0.6) is 11.5 Å². The van der Waals surface area contributed by atoms with Crippen molar-refractivity contribution in [3.05, 3.63) is 48.0 Å². The molecule has 0 radical (unpaired) electrons. The van der Waals surface area contributed by atoms with E-state index in [-0.39, 0.29) is 31.6 Å². The van der Waals surface area contributed by atoms with Crippen LogP contribution in [0.2, 0.25) is 0 Å². The van der Waals surface area contributed by atoms with E-state index in [4.69, 9.17) is 9.47 Å². The number of nitrogens with zero attached hydrogens (tertiary/aromatic N) is 2. The smallest absolute Gasteiger partial charge is 0.255 e. The van der Waals surface area contributed by atoms with E-state index in [1.807, 2.05) is 0 Å². The molecule has 9 nitrogen and oxygen atoms in total. The number of para-hydroxylation sites is 1. The molecule has 176 valence electrons. The Morgan fingerprint density at radius 3 is 2.55 bits per heavy atom. The van der Waals surface area contributed by atoms with E-state index in [0.29, 0.717) is 34.9 Å². The van der Waals surface area contributed by atoms with Gasteiger partial charge in [-0.25, -0.2) is 8.42 Å². The number of carbonyl (C=O) groups excluding carboxylic acids is 2. The van der Waals surface area contributed by atoms with E-state index in [9.17, 15) is 18.0 Å². The van der Waals surface area contributed by atoms with Gasteiger partial charge in [-0.2, -0.15) is 0 Å². The van der Waals surface area contributed by atoms with Gasteiger partial charge >= 0.3 is 0 Å². The summed E-state index contributed by atoms with van der Waals surface area (Å²) in [5.41, 5.74) is 1.38. The zero-order valence-electron chi connectivity index (χ0n) is 18.5. The fourth-order valence-electron chi connectivity index (χ4n) is 3.99. The number of amides is 2. The van der Waals surface area contributed by atoms with Crippen LogP contribution in [0.3, 0.4) is 0 Å². The van der Waals surface area contributed by atoms with Gasteiger partial charge in [0.2, 0.25) is 22.7 Å². The molecule has 2 amide bonds. The average molecular weight is 474 g/mol. The molecule has 4 rings (SSSR count). The molecule has 2 aliphatic heterocycles. The minimum atomic E-state index is -3.56. The van der Waals surface area contributed by atoms with Gasteiger partial charge in [-0.1, -0.05) is 12.1 Å². The van der Waals surface area contributed by atoms with Crippen LogP contribution >= 0.6 is 0 Å². The van der Waals surface area contributed by atoms with Crippen LogP contribution in [0, 0.1) is 0 Å². The molecule has 1 N–H and O–H groups in total. The van der Waals surface area contributed by atoms with Gasteiger partial charge in [0.15, 0.2) is 11.5 Å². The van der Waals surface area contributed by atoms with Crippen molar-refractivity contribution < 1.29 is 27.5 Å². The summed E-state index contributed by atoms with van der Waals surface area (Å²) in [5, 5.41) is 2.81. The molecule has 0 saturated carbocycles. The maximum Gasteiger partial charge on any atom is 0.255 e. The van der Waals surface area contributed by atoms with E-state index >= 15 is 0 Å². The third-order valence-corrected chi connectivity index (χ3v) is 6.83. The predicted octanol–water partition coefficient (Wildman–Crippen LogP) is 2.84. The fourth-order valence-corrected chi connectivity index (χ4v) is 4.95. The van der Waals surface area contributed by atoms with Crippen molar-refractivity contribution in [1.82, 2.24) is 4.90 Å². The average Bonchev–Trinajstić information content (AvgIpc) is 3.47. The van der Waals surface area contributed by atoms with E-state index in [1.165, 1.54) is 4.31 Å². The van der Waals surface area contributed by atoms with Crippen LogP contribution in [0.1, 0.15) is 36.0 Å². The molecule has 1 saturated heterocycles. The molecule has 0 aromatic heterocycles. The Morgan fingerprint density at radius 2 is 1.79 bits per heavy atom. The highest BCUT2D eigenvalue weighted by atomic mass is 32.2. The van der Waals surface area contributed by atoms with Crippen LogP contribution in [0.15, 0.2) is 42.5 Å². The van der Waals surface area contributed by atoms with Gasteiger partial charge in [-0.15, -0.1) is 0 Å². The Balaban J connectivity index is 1.38. The molecule has 10 heteroatoms. The lowest BCUT2D eigenvalue weighted by Crippen LogP contribution is -2.31. The van der Waals surface area contributed by atoms with Gasteiger partial charge in [0.25, 0.3) is 5.91 Å². The van der Waals surface area contributed by atoms with Crippen molar-refractivity contribution in [2.75, 3.05) is 42.3 Å². The molecule has 0 atom stereocenters. The van der Waals surface area contributed by atoms with Crippen molar-refractivity contribution in [2.24, 2.45) is 0 Å². The predicted molar refractivity (Wildman–Crippen MR) is 124 cm³/mol. The van der Waals surface area contributed by atoms with Crippen molar-refractivity contribution in [3.8, 4) is 11.5 Å². The number of rotatable bonds is 8. The number of benzene rings is 2. The molecule has 2 aromatic carbocycles. The Labute approximate surface area is 193 Å². The molecule has 0 aliphatic carbocycles. The summed E-state index contributed by atoms with van der Waals surface area (Å²) < 4.78 is 36.6. The van der Waals surface area contributed by atoms with Gasteiger partial charge < -0.3 is 19.7 Å². The molecule has 2 aromatic rings. The molecule has 2 heterocycles. The largest absolute Gasteiger partial charge is 0.454 e. The van der Waals surface area contributed by atoms with Crippen LogP contribution in [0.25, 0.3) is 0 Å². The number of sulfonamides is 1. The van der Waals surface area contributed by atoms with E-state index in [1.54, 1.807) is 47.4 Å². The number of fused-ring (bicyclic) bond motifs is 1. The van der Waals surface area contributed by atoms with E-state index in [0.717, 1.165) is 32.2 Å². The Hall–Kier alpha value is -3.27. The van der Waals surface area contributed by atoms with Crippen molar-refractivity contribution in [1.29, 1.82) is 0 Å². The minimum Gasteiger partial charge on any atom is -0.454 e. The maximum atomic E-state index is 12.8. The number of carbonyl (C=O) groups is 2. The number of nitrogens with one attached hydrogen (secondary N) is 1. The number of anilines is 2. The third-order valence-electron chi connectivity index (χ3n) is 5.63. The Bertz CT molecular complexity index is 1140. The maximum absolute atomic E-state index is 12.8. The lowest BCUT2D eigenvalue weighted by Gasteiger charge is -2.22. The molecule has 33 heavy (non-hydrogen) atoms. The molecule has 2 aliphatic rings. The quantitative estimate of drug-likeness (QED) is 0.632. The van der Waals surface area contributed by atoms with Gasteiger partial charge in [-0.3, -0.25) is 13.9 Å². The topological polar surface area (TPSA) is 105 Å². The molecular weight excluding hydrogens is 446 g/mol. The Morgan fingerprint density at radius 1 is 1.06 bits per heavy atom. The highest BCUT2D eigenvalue weighted by molar-refractivity contribution is 7.92. The van der Waals surface area contributed by atoms with Crippen molar-refractivity contribution in [3.63, 3.8) is 0 Å². The summed E-state index contributed by atoms with van der Waals surface area (Å²) in [6, 6.07) is 11.9. The summed E-state index contributed by atoms with van der Waals surface area (Å²) in [7, 11) is -3.56. The van der Waals surface area contributed by atoms with Crippen LogP contribution in [-0.2, 0) is 14.8 Å². The van der Waals surface area contributed by atoms with Crippen molar-refractivity contribution >= 4 is 33.2 Å². The lowest BCUT2D eigenvalue weighted by molar-refractivity contribution is -0.116. The Kier molecular flexibility index (Phi) is 6.73. The lowest BCUT2D eigenvalue weighted by atomic mass is 10.1. The molecule has 0 bridgehead atoms. The standard InChI is InChI=1S/C23H27N3O6S/c1-33(29,30)26(17-10-11-20-21(15-17)32-16-31-20)14-6-9-22(27)24-19-8-3-2-7-18(19)23(28)25-12-4-5-13-25/h2-3,7-8,10-11,15H,4-6,9,12-14,16H2,1H3,(H,24,27). The summed E-state index contributed by atoms with van der Waals surface area (Å²) in [4.78, 5) is 27.2. The first-order valence-corrected chi connectivity index (χ1v) is 12.7. The zero-order valence-corrected chi connectivity index (χ0v) is 19.3. The first-order valence-electron chi connectivity index (χ1n) is 10.9. The summed E-state index contributed by atoms with van der Waals surface area (Å²) in [6.45, 7) is 1.67. The highest BCUT2D eigenvalue weighted by Crippen LogP contribution is 2.36. The minimum absolute atomic E-state index is 0.0885. The number of hydrogen-bond donors (Lipinski definition) is 1. The first-order chi connectivity index (χ1) is 15.8. The van der Waals surface area contributed by atoms with Crippen LogP contribution in [0.4, 0.5) is 11.4 Å². The van der Waals surface area contributed by atoms with Crippen molar-refractivity contribution in [2.45, 2.75) is 25.7 Å². The van der Waals surface area contributed by atoms with Gasteiger partial charge in [-0.05, 0) is 43.5 Å². The number of likely N-dealkylation sites (tertiary alicyclic amines) is 1. The van der Waals surface area contributed by atoms with Crippen LogP contribution in [-0.4, -0.2) is 57.8 Å². The van der Waals surface area contributed by atoms with E-state index < -0.39 is 10.0 Å². The highest BCUT2D eigenvalue weighted by Gasteiger charge is 2.23. The number of ether oxygens (including phenoxy) is 2. The normalized spacial score (nSPS) is 14.9. The van der Waals surface area contributed by atoms with Gasteiger partial charge in [0, 0.05) is 32.1 Å². The number of hydrogen-bond acceptors (Lipinski definition) is 6. The SMILES string of the molecule is CS(=O)(=O)N(CCCC(=O)Nc1ccccc1C(=O)N1CCCC1)c1ccc2c(c1)OCO2. The molecule has 0 unspecified atom stereocenters. The zero-order chi connectivity index (χ0) is 23.4. The molecule has 0 spiro atoms. The monoisotopic (exact) mass is 473 g/mol. The third kappa shape index (κ3) is 5.39. The summed E-state index contributed by atoms with van der Waals surface area (Å²) in [6.07, 6.45) is 3.50. The van der Waals surface area contributed by atoms with E-state index in [2.05, 4.69) is 5.32 Å². The second-order valence-electron chi connectivity index (χ2n) is 8.07. The van der Waals surface area contributed by atoms with Gasteiger partial charge in [0.05, 0.1) is 23.2 Å². The van der Waals surface area contributed by atoms with Crippen LogP contribution < -0.4 is 19.1 Å². The molecule has 1 fully saturated rings.